The van der Waals surface area contributed by atoms with Gasteiger partial charge in [0.05, 0.1) is 5.69 Å². The number of hydrogen-bond donors (Lipinski definition) is 3. The molecule has 0 saturated carbocycles. The van der Waals surface area contributed by atoms with Crippen molar-refractivity contribution in [3.05, 3.63) is 53.1 Å². The molecule has 0 spiro atoms. The van der Waals surface area contributed by atoms with Crippen LogP contribution in [0.3, 0.4) is 0 Å². The van der Waals surface area contributed by atoms with E-state index in [4.69, 9.17) is 12.2 Å². The van der Waals surface area contributed by atoms with Crippen LogP contribution in [0.4, 0.5) is 11.4 Å². The largest absolute Gasteiger partial charge is 0.506 e. The highest BCUT2D eigenvalue weighted by Crippen LogP contribution is 2.24. The lowest BCUT2D eigenvalue weighted by atomic mass is 10.1. The van der Waals surface area contributed by atoms with Crippen molar-refractivity contribution in [2.45, 2.75) is 20.8 Å². The lowest BCUT2D eigenvalue weighted by Gasteiger charge is -2.14. The monoisotopic (exact) mass is 286 g/mol. The minimum atomic E-state index is 0.190. The Balaban J connectivity index is 2.11. The van der Waals surface area contributed by atoms with Crippen molar-refractivity contribution in [3.63, 3.8) is 0 Å². The molecule has 2 rings (SSSR count). The third-order valence-corrected chi connectivity index (χ3v) is 3.25. The molecular formula is C16H18N2OS. The summed E-state index contributed by atoms with van der Waals surface area (Å²) in [4.78, 5) is 0. The van der Waals surface area contributed by atoms with Gasteiger partial charge in [-0.1, -0.05) is 18.2 Å². The Hall–Kier alpha value is -2.07. The first-order valence-electron chi connectivity index (χ1n) is 6.40. The van der Waals surface area contributed by atoms with Crippen LogP contribution in [0, 0.1) is 20.8 Å². The standard InChI is InChI=1S/C16H18N2OS/c1-10-4-6-12(3)14(8-10)18-16(20)17-13-7-5-11(2)9-15(13)19/h4-9,19H,1-3H3,(H2,17,18,20). The van der Waals surface area contributed by atoms with Crippen molar-refractivity contribution in [2.75, 3.05) is 10.6 Å². The van der Waals surface area contributed by atoms with Gasteiger partial charge in [0.1, 0.15) is 5.75 Å². The van der Waals surface area contributed by atoms with Gasteiger partial charge in [-0.3, -0.25) is 0 Å². The maximum absolute atomic E-state index is 9.86. The van der Waals surface area contributed by atoms with Gasteiger partial charge < -0.3 is 15.7 Å². The molecule has 0 unspecified atom stereocenters. The summed E-state index contributed by atoms with van der Waals surface area (Å²) in [6, 6.07) is 11.6. The van der Waals surface area contributed by atoms with Crippen LogP contribution in [0.15, 0.2) is 36.4 Å². The molecule has 0 radical (unpaired) electrons. The molecule has 20 heavy (non-hydrogen) atoms. The molecule has 0 heterocycles. The van der Waals surface area contributed by atoms with Gasteiger partial charge in [-0.2, -0.15) is 0 Å². The van der Waals surface area contributed by atoms with Crippen LogP contribution in [0.1, 0.15) is 16.7 Å². The van der Waals surface area contributed by atoms with Crippen LogP contribution < -0.4 is 10.6 Å². The molecule has 0 bridgehead atoms. The molecule has 2 aromatic rings. The topological polar surface area (TPSA) is 44.3 Å². The van der Waals surface area contributed by atoms with Gasteiger partial charge in [0, 0.05) is 5.69 Å². The van der Waals surface area contributed by atoms with Crippen LogP contribution >= 0.6 is 12.2 Å². The average molecular weight is 286 g/mol. The van der Waals surface area contributed by atoms with Crippen molar-refractivity contribution in [2.24, 2.45) is 0 Å². The second-order valence-corrected chi connectivity index (χ2v) is 5.33. The highest BCUT2D eigenvalue weighted by Gasteiger charge is 2.05. The van der Waals surface area contributed by atoms with E-state index in [0.29, 0.717) is 10.8 Å². The maximum Gasteiger partial charge on any atom is 0.175 e. The molecule has 0 atom stereocenters. The molecule has 0 aliphatic heterocycles. The molecule has 2 aromatic carbocycles. The van der Waals surface area contributed by atoms with E-state index in [9.17, 15) is 5.11 Å². The van der Waals surface area contributed by atoms with Crippen molar-refractivity contribution < 1.29 is 5.11 Å². The predicted octanol–water partition coefficient (Wildman–Crippen LogP) is 4.13. The Bertz CT molecular complexity index is 653. The van der Waals surface area contributed by atoms with Gasteiger partial charge in [-0.05, 0) is 67.9 Å². The van der Waals surface area contributed by atoms with Crippen molar-refractivity contribution >= 4 is 28.7 Å². The fourth-order valence-corrected chi connectivity index (χ4v) is 2.11. The minimum absolute atomic E-state index is 0.190. The first kappa shape index (κ1) is 14.3. The number of phenolic OH excluding ortho intramolecular Hbond substituents is 1. The van der Waals surface area contributed by atoms with Gasteiger partial charge in [0.2, 0.25) is 0 Å². The Morgan fingerprint density at radius 1 is 0.900 bits per heavy atom. The number of thiocarbonyl (C=S) groups is 1. The van der Waals surface area contributed by atoms with Crippen LogP contribution in [0.25, 0.3) is 0 Å². The van der Waals surface area contributed by atoms with Gasteiger partial charge in [-0.15, -0.1) is 0 Å². The highest BCUT2D eigenvalue weighted by atomic mass is 32.1. The van der Waals surface area contributed by atoms with E-state index in [1.54, 1.807) is 6.07 Å². The molecule has 3 N–H and O–H groups in total. The van der Waals surface area contributed by atoms with E-state index in [0.717, 1.165) is 16.8 Å². The molecule has 0 aromatic heterocycles. The van der Waals surface area contributed by atoms with Crippen LogP contribution in [0.5, 0.6) is 5.75 Å². The maximum atomic E-state index is 9.86. The summed E-state index contributed by atoms with van der Waals surface area (Å²) in [5, 5.41) is 16.5. The van der Waals surface area contributed by atoms with Gasteiger partial charge in [0.25, 0.3) is 0 Å². The first-order chi connectivity index (χ1) is 9.45. The molecule has 104 valence electrons. The molecule has 0 amide bonds. The Kier molecular flexibility index (Phi) is 4.25. The predicted molar refractivity (Wildman–Crippen MR) is 88.6 cm³/mol. The summed E-state index contributed by atoms with van der Waals surface area (Å²) in [5.74, 6) is 0.190. The Morgan fingerprint density at radius 2 is 1.50 bits per heavy atom. The van der Waals surface area contributed by atoms with E-state index in [-0.39, 0.29) is 5.75 Å². The number of hydrogen-bond acceptors (Lipinski definition) is 2. The number of anilines is 2. The number of aromatic hydroxyl groups is 1. The van der Waals surface area contributed by atoms with Crippen LogP contribution in [-0.2, 0) is 0 Å². The zero-order valence-corrected chi connectivity index (χ0v) is 12.6. The average Bonchev–Trinajstić information content (AvgIpc) is 2.37. The smallest absolute Gasteiger partial charge is 0.175 e. The van der Waals surface area contributed by atoms with Gasteiger partial charge in [0.15, 0.2) is 5.11 Å². The SMILES string of the molecule is Cc1ccc(NC(=S)Nc2cc(C)ccc2C)c(O)c1. The zero-order valence-electron chi connectivity index (χ0n) is 11.8. The molecule has 0 aliphatic carbocycles. The summed E-state index contributed by atoms with van der Waals surface area (Å²) in [7, 11) is 0. The summed E-state index contributed by atoms with van der Waals surface area (Å²) in [6.07, 6.45) is 0. The van der Waals surface area contributed by atoms with E-state index >= 15 is 0 Å². The fourth-order valence-electron chi connectivity index (χ4n) is 1.89. The van der Waals surface area contributed by atoms with E-state index < -0.39 is 0 Å². The Morgan fingerprint density at radius 3 is 2.20 bits per heavy atom. The number of rotatable bonds is 2. The lowest BCUT2D eigenvalue weighted by molar-refractivity contribution is 0.477. The van der Waals surface area contributed by atoms with Crippen molar-refractivity contribution in [1.29, 1.82) is 0 Å². The normalized spacial score (nSPS) is 10.2. The van der Waals surface area contributed by atoms with E-state index in [1.807, 2.05) is 45.0 Å². The number of phenols is 1. The van der Waals surface area contributed by atoms with E-state index in [1.165, 1.54) is 5.56 Å². The molecule has 0 fully saturated rings. The summed E-state index contributed by atoms with van der Waals surface area (Å²) < 4.78 is 0. The van der Waals surface area contributed by atoms with Crippen molar-refractivity contribution in [3.8, 4) is 5.75 Å². The van der Waals surface area contributed by atoms with Gasteiger partial charge >= 0.3 is 0 Å². The Labute approximate surface area is 124 Å². The van der Waals surface area contributed by atoms with E-state index in [2.05, 4.69) is 16.7 Å². The zero-order chi connectivity index (χ0) is 14.7. The number of nitrogens with one attached hydrogen (secondary N) is 2. The number of benzene rings is 2. The second-order valence-electron chi connectivity index (χ2n) is 4.92. The van der Waals surface area contributed by atoms with Crippen LogP contribution in [-0.4, -0.2) is 10.2 Å². The third-order valence-electron chi connectivity index (χ3n) is 3.04. The third kappa shape index (κ3) is 3.48. The summed E-state index contributed by atoms with van der Waals surface area (Å²) in [5.41, 5.74) is 4.85. The van der Waals surface area contributed by atoms with Crippen LogP contribution in [0.2, 0.25) is 0 Å². The highest BCUT2D eigenvalue weighted by molar-refractivity contribution is 7.80. The number of aryl methyl sites for hydroxylation is 3. The fraction of sp³-hybridized carbons (Fsp3) is 0.188. The molecule has 0 saturated heterocycles. The molecular weight excluding hydrogens is 268 g/mol. The summed E-state index contributed by atoms with van der Waals surface area (Å²) >= 11 is 5.28. The molecule has 4 heteroatoms. The summed E-state index contributed by atoms with van der Waals surface area (Å²) in [6.45, 7) is 5.98. The van der Waals surface area contributed by atoms with Gasteiger partial charge in [-0.25, -0.2) is 0 Å². The second kappa shape index (κ2) is 5.92. The quantitative estimate of drug-likeness (QED) is 0.574. The molecule has 0 aliphatic rings. The molecule has 3 nitrogen and oxygen atoms in total. The first-order valence-corrected chi connectivity index (χ1v) is 6.81. The lowest BCUT2D eigenvalue weighted by Crippen LogP contribution is -2.19. The minimum Gasteiger partial charge on any atom is -0.506 e. The van der Waals surface area contributed by atoms with Crippen molar-refractivity contribution in [1.82, 2.24) is 0 Å².